The van der Waals surface area contributed by atoms with Gasteiger partial charge in [-0.25, -0.2) is 4.79 Å². The van der Waals surface area contributed by atoms with Crippen molar-refractivity contribution in [1.29, 1.82) is 0 Å². The number of ether oxygens (including phenoxy) is 2. The van der Waals surface area contributed by atoms with Gasteiger partial charge in [0.2, 0.25) is 0 Å². The zero-order chi connectivity index (χ0) is 12.0. The summed E-state index contributed by atoms with van der Waals surface area (Å²) >= 11 is 0. The minimum atomic E-state index is -0.346. The van der Waals surface area contributed by atoms with Crippen LogP contribution in [0.4, 0.5) is 0 Å². The first kappa shape index (κ1) is 12.3. The van der Waals surface area contributed by atoms with Gasteiger partial charge >= 0.3 is 5.97 Å². The molecule has 0 amide bonds. The topological polar surface area (TPSA) is 35.5 Å². The van der Waals surface area contributed by atoms with Crippen molar-refractivity contribution in [2.45, 2.75) is 20.0 Å². The molecule has 86 valence electrons. The van der Waals surface area contributed by atoms with E-state index in [1.807, 2.05) is 38.1 Å². The second-order valence-electron chi connectivity index (χ2n) is 3.56. The van der Waals surface area contributed by atoms with Gasteiger partial charge in [-0.1, -0.05) is 18.2 Å². The van der Waals surface area contributed by atoms with Crippen LogP contribution < -0.4 is 4.74 Å². The Hall–Kier alpha value is -1.77. The van der Waals surface area contributed by atoms with Crippen molar-refractivity contribution in [3.05, 3.63) is 35.9 Å². The SMILES string of the molecule is COc1ccccc1C=CC(=O)OC(C)C. The number of carbonyl (C=O) groups excluding carboxylic acids is 1. The van der Waals surface area contributed by atoms with Crippen molar-refractivity contribution < 1.29 is 14.3 Å². The van der Waals surface area contributed by atoms with E-state index in [0.717, 1.165) is 11.3 Å². The van der Waals surface area contributed by atoms with Gasteiger partial charge in [-0.15, -0.1) is 0 Å². The number of rotatable bonds is 4. The minimum Gasteiger partial charge on any atom is -0.496 e. The molecule has 1 aromatic rings. The van der Waals surface area contributed by atoms with Gasteiger partial charge in [0.25, 0.3) is 0 Å². The van der Waals surface area contributed by atoms with E-state index in [0.29, 0.717) is 0 Å². The Kier molecular flexibility index (Phi) is 4.58. The highest BCUT2D eigenvalue weighted by Gasteiger charge is 2.01. The average Bonchev–Trinajstić information content (AvgIpc) is 2.26. The Bertz CT molecular complexity index is 381. The molecule has 1 aromatic carbocycles. The molecule has 0 fully saturated rings. The third-order valence-electron chi connectivity index (χ3n) is 1.89. The molecule has 0 aromatic heterocycles. The summed E-state index contributed by atoms with van der Waals surface area (Å²) < 4.78 is 10.1. The number of para-hydroxylation sites is 1. The van der Waals surface area contributed by atoms with Gasteiger partial charge in [0.15, 0.2) is 0 Å². The number of benzene rings is 1. The predicted molar refractivity (Wildman–Crippen MR) is 63.3 cm³/mol. The molecule has 0 bridgehead atoms. The Balaban J connectivity index is 2.72. The molecule has 0 N–H and O–H groups in total. The molecule has 0 spiro atoms. The van der Waals surface area contributed by atoms with Crippen LogP contribution in [0.5, 0.6) is 5.75 Å². The maximum Gasteiger partial charge on any atom is 0.331 e. The van der Waals surface area contributed by atoms with Gasteiger partial charge in [0.1, 0.15) is 5.75 Å². The highest BCUT2D eigenvalue weighted by molar-refractivity contribution is 5.87. The first-order valence-electron chi connectivity index (χ1n) is 5.15. The van der Waals surface area contributed by atoms with Crippen LogP contribution in [0, 0.1) is 0 Å². The van der Waals surface area contributed by atoms with Gasteiger partial charge in [0, 0.05) is 11.6 Å². The second-order valence-corrected chi connectivity index (χ2v) is 3.56. The zero-order valence-electron chi connectivity index (χ0n) is 9.77. The van der Waals surface area contributed by atoms with Crippen LogP contribution in [0.3, 0.4) is 0 Å². The number of esters is 1. The fourth-order valence-corrected chi connectivity index (χ4v) is 1.23. The molecule has 1 rings (SSSR count). The van der Waals surface area contributed by atoms with Gasteiger partial charge < -0.3 is 9.47 Å². The summed E-state index contributed by atoms with van der Waals surface area (Å²) in [7, 11) is 1.60. The van der Waals surface area contributed by atoms with E-state index < -0.39 is 0 Å². The second kappa shape index (κ2) is 5.95. The summed E-state index contributed by atoms with van der Waals surface area (Å²) in [6.45, 7) is 3.63. The zero-order valence-corrected chi connectivity index (χ0v) is 9.77. The van der Waals surface area contributed by atoms with Crippen molar-refractivity contribution in [2.24, 2.45) is 0 Å². The summed E-state index contributed by atoms with van der Waals surface area (Å²) in [5, 5.41) is 0. The molecule has 0 aliphatic heterocycles. The van der Waals surface area contributed by atoms with Gasteiger partial charge in [-0.2, -0.15) is 0 Å². The molecule has 0 saturated carbocycles. The fraction of sp³-hybridized carbons (Fsp3) is 0.308. The van der Waals surface area contributed by atoms with Gasteiger partial charge in [0.05, 0.1) is 13.2 Å². The Morgan fingerprint density at radius 3 is 2.62 bits per heavy atom. The molecule has 0 heterocycles. The maximum atomic E-state index is 11.3. The van der Waals surface area contributed by atoms with E-state index in [9.17, 15) is 4.79 Å². The largest absolute Gasteiger partial charge is 0.496 e. The van der Waals surface area contributed by atoms with Crippen LogP contribution in [0.25, 0.3) is 6.08 Å². The summed E-state index contributed by atoms with van der Waals surface area (Å²) in [5.74, 6) is 0.386. The molecular formula is C13H16O3. The summed E-state index contributed by atoms with van der Waals surface area (Å²) in [6, 6.07) is 7.48. The van der Waals surface area contributed by atoms with Gasteiger partial charge in [-0.3, -0.25) is 0 Å². The first-order valence-corrected chi connectivity index (χ1v) is 5.15. The third-order valence-corrected chi connectivity index (χ3v) is 1.89. The van der Waals surface area contributed by atoms with Crippen LogP contribution in [-0.2, 0) is 9.53 Å². The number of methoxy groups -OCH3 is 1. The van der Waals surface area contributed by atoms with Crippen LogP contribution in [0.15, 0.2) is 30.3 Å². The van der Waals surface area contributed by atoms with Crippen LogP contribution in [-0.4, -0.2) is 19.2 Å². The first-order chi connectivity index (χ1) is 7.63. The molecule has 0 aliphatic rings. The van der Waals surface area contributed by atoms with E-state index in [1.165, 1.54) is 6.08 Å². The number of hydrogen-bond donors (Lipinski definition) is 0. The minimum absolute atomic E-state index is 0.102. The molecule has 16 heavy (non-hydrogen) atoms. The number of hydrogen-bond acceptors (Lipinski definition) is 3. The smallest absolute Gasteiger partial charge is 0.331 e. The van der Waals surface area contributed by atoms with Crippen LogP contribution in [0.2, 0.25) is 0 Å². The van der Waals surface area contributed by atoms with Crippen molar-refractivity contribution in [2.75, 3.05) is 7.11 Å². The van der Waals surface area contributed by atoms with Crippen molar-refractivity contribution in [1.82, 2.24) is 0 Å². The molecule has 0 aliphatic carbocycles. The van der Waals surface area contributed by atoms with E-state index in [4.69, 9.17) is 9.47 Å². The average molecular weight is 220 g/mol. The summed E-state index contributed by atoms with van der Waals surface area (Å²) in [4.78, 5) is 11.3. The highest BCUT2D eigenvalue weighted by atomic mass is 16.5. The molecular weight excluding hydrogens is 204 g/mol. The van der Waals surface area contributed by atoms with E-state index >= 15 is 0 Å². The normalized spacial score (nSPS) is 10.8. The van der Waals surface area contributed by atoms with E-state index in [-0.39, 0.29) is 12.1 Å². The Labute approximate surface area is 95.7 Å². The van der Waals surface area contributed by atoms with Crippen molar-refractivity contribution in [3.8, 4) is 5.75 Å². The van der Waals surface area contributed by atoms with Crippen LogP contribution >= 0.6 is 0 Å². The monoisotopic (exact) mass is 220 g/mol. The molecule has 0 unspecified atom stereocenters. The summed E-state index contributed by atoms with van der Waals surface area (Å²) in [6.07, 6.45) is 2.98. The summed E-state index contributed by atoms with van der Waals surface area (Å²) in [5.41, 5.74) is 0.853. The fourth-order valence-electron chi connectivity index (χ4n) is 1.23. The molecule has 3 heteroatoms. The molecule has 3 nitrogen and oxygen atoms in total. The number of carbonyl (C=O) groups is 1. The maximum absolute atomic E-state index is 11.3. The van der Waals surface area contributed by atoms with E-state index in [2.05, 4.69) is 0 Å². The highest BCUT2D eigenvalue weighted by Crippen LogP contribution is 2.18. The third kappa shape index (κ3) is 3.77. The lowest BCUT2D eigenvalue weighted by Crippen LogP contribution is -2.08. The van der Waals surface area contributed by atoms with Crippen LogP contribution in [0.1, 0.15) is 19.4 Å². The quantitative estimate of drug-likeness (QED) is 0.578. The van der Waals surface area contributed by atoms with E-state index in [1.54, 1.807) is 13.2 Å². The Morgan fingerprint density at radius 1 is 1.31 bits per heavy atom. The molecule has 0 atom stereocenters. The molecule has 0 saturated heterocycles. The Morgan fingerprint density at radius 2 is 2.00 bits per heavy atom. The lowest BCUT2D eigenvalue weighted by molar-refractivity contribution is -0.141. The van der Waals surface area contributed by atoms with Crippen molar-refractivity contribution >= 4 is 12.0 Å². The lowest BCUT2D eigenvalue weighted by Gasteiger charge is -2.05. The standard InChI is InChI=1S/C13H16O3/c1-10(2)16-13(14)9-8-11-6-4-5-7-12(11)15-3/h4-10H,1-3H3. The van der Waals surface area contributed by atoms with Crippen molar-refractivity contribution in [3.63, 3.8) is 0 Å². The van der Waals surface area contributed by atoms with Gasteiger partial charge in [-0.05, 0) is 26.0 Å². The predicted octanol–water partition coefficient (Wildman–Crippen LogP) is 2.66. The lowest BCUT2D eigenvalue weighted by atomic mass is 10.2. The molecule has 0 radical (unpaired) electrons.